The van der Waals surface area contributed by atoms with E-state index in [9.17, 15) is 0 Å². The molecule has 0 atom stereocenters. The Morgan fingerprint density at radius 1 is 0.909 bits per heavy atom. The fraction of sp³-hybridized carbons (Fsp3) is 0.0526. The first kappa shape index (κ1) is 13.8. The van der Waals surface area contributed by atoms with Crippen LogP contribution in [0.2, 0.25) is 0 Å². The van der Waals surface area contributed by atoms with Crippen molar-refractivity contribution in [1.29, 1.82) is 5.26 Å². The van der Waals surface area contributed by atoms with E-state index >= 15 is 0 Å². The van der Waals surface area contributed by atoms with Gasteiger partial charge < -0.3 is 4.74 Å². The third-order valence-corrected chi connectivity index (χ3v) is 3.33. The molecule has 0 saturated heterocycles. The van der Waals surface area contributed by atoms with Gasteiger partial charge in [0.25, 0.3) is 0 Å². The summed E-state index contributed by atoms with van der Waals surface area (Å²) in [6.07, 6.45) is 1.75. The van der Waals surface area contributed by atoms with E-state index < -0.39 is 0 Å². The monoisotopic (exact) mass is 286 g/mol. The zero-order chi connectivity index (χ0) is 15.2. The molecule has 1 aromatic heterocycles. The first-order valence-corrected chi connectivity index (χ1v) is 6.99. The molecule has 0 fully saturated rings. The number of rotatable bonds is 4. The average Bonchev–Trinajstić information content (AvgIpc) is 2.61. The van der Waals surface area contributed by atoms with E-state index in [-0.39, 0.29) is 0 Å². The summed E-state index contributed by atoms with van der Waals surface area (Å²) in [6, 6.07) is 23.3. The molecule has 3 rings (SSSR count). The number of nitriles is 1. The summed E-state index contributed by atoms with van der Waals surface area (Å²) in [7, 11) is 0. The largest absolute Gasteiger partial charge is 0.487 e. The van der Waals surface area contributed by atoms with Crippen LogP contribution in [0.25, 0.3) is 11.1 Å². The van der Waals surface area contributed by atoms with Gasteiger partial charge in [0.05, 0.1) is 17.3 Å². The number of benzene rings is 2. The molecular formula is C19H14N2O. The Labute approximate surface area is 129 Å². The quantitative estimate of drug-likeness (QED) is 0.722. The third kappa shape index (κ3) is 3.13. The first-order chi connectivity index (χ1) is 10.9. The molecule has 0 aliphatic rings. The van der Waals surface area contributed by atoms with Crippen molar-refractivity contribution >= 4 is 0 Å². The number of pyridine rings is 1. The van der Waals surface area contributed by atoms with Crippen molar-refractivity contribution in [3.63, 3.8) is 0 Å². The van der Waals surface area contributed by atoms with Gasteiger partial charge in [-0.1, -0.05) is 36.4 Å². The summed E-state index contributed by atoms with van der Waals surface area (Å²) >= 11 is 0. The van der Waals surface area contributed by atoms with E-state index in [0.29, 0.717) is 12.2 Å². The lowest BCUT2D eigenvalue weighted by Crippen LogP contribution is -1.97. The normalized spacial score (nSPS) is 9.95. The third-order valence-electron chi connectivity index (χ3n) is 3.33. The fourth-order valence-corrected chi connectivity index (χ4v) is 2.20. The molecule has 3 aromatic rings. The molecule has 3 heteroatoms. The van der Waals surface area contributed by atoms with Gasteiger partial charge in [-0.15, -0.1) is 0 Å². The predicted octanol–water partition coefficient (Wildman–Crippen LogP) is 4.20. The summed E-state index contributed by atoms with van der Waals surface area (Å²) in [6.45, 7) is 0.439. The number of aromatic nitrogens is 1. The Bertz CT molecular complexity index is 790. The van der Waals surface area contributed by atoms with Crippen molar-refractivity contribution < 1.29 is 4.74 Å². The average molecular weight is 286 g/mol. The Morgan fingerprint density at radius 3 is 2.41 bits per heavy atom. The maximum atomic E-state index is 9.16. The van der Waals surface area contributed by atoms with Crippen molar-refractivity contribution in [2.45, 2.75) is 6.61 Å². The van der Waals surface area contributed by atoms with Crippen LogP contribution in [0.15, 0.2) is 72.9 Å². The van der Waals surface area contributed by atoms with Crippen molar-refractivity contribution in [1.82, 2.24) is 4.98 Å². The highest BCUT2D eigenvalue weighted by molar-refractivity contribution is 5.70. The van der Waals surface area contributed by atoms with Crippen molar-refractivity contribution in [2.75, 3.05) is 0 Å². The minimum atomic E-state index is 0.439. The van der Waals surface area contributed by atoms with Crippen LogP contribution in [0.3, 0.4) is 0 Å². The second kappa shape index (κ2) is 6.55. The molecule has 0 saturated carbocycles. The Kier molecular flexibility index (Phi) is 4.12. The maximum Gasteiger partial charge on any atom is 0.130 e. The molecule has 22 heavy (non-hydrogen) atoms. The molecular weight excluding hydrogens is 272 g/mol. The lowest BCUT2D eigenvalue weighted by Gasteiger charge is -2.08. The molecule has 0 amide bonds. The van der Waals surface area contributed by atoms with Gasteiger partial charge >= 0.3 is 0 Å². The number of hydrogen-bond acceptors (Lipinski definition) is 3. The minimum Gasteiger partial charge on any atom is -0.487 e. The van der Waals surface area contributed by atoms with Gasteiger partial charge in [0.15, 0.2) is 0 Å². The van der Waals surface area contributed by atoms with Crippen LogP contribution < -0.4 is 4.74 Å². The summed E-state index contributed by atoms with van der Waals surface area (Å²) in [5.74, 6) is 0.781. The molecule has 0 spiro atoms. The molecule has 1 heterocycles. The molecule has 0 unspecified atom stereocenters. The molecule has 106 valence electrons. The fourth-order valence-electron chi connectivity index (χ4n) is 2.20. The Balaban J connectivity index is 1.74. The highest BCUT2D eigenvalue weighted by atomic mass is 16.5. The summed E-state index contributed by atoms with van der Waals surface area (Å²) in [5, 5.41) is 9.16. The van der Waals surface area contributed by atoms with E-state index in [0.717, 1.165) is 22.6 Å². The SMILES string of the molecule is N#Cc1ccccc1-c1ccc(OCc2ccccn2)cc1. The number of hydrogen-bond donors (Lipinski definition) is 0. The van der Waals surface area contributed by atoms with Gasteiger partial charge in [-0.25, -0.2) is 0 Å². The zero-order valence-corrected chi connectivity index (χ0v) is 11.9. The van der Waals surface area contributed by atoms with Crippen molar-refractivity contribution in [3.8, 4) is 22.9 Å². The van der Waals surface area contributed by atoms with E-state index in [4.69, 9.17) is 10.00 Å². The second-order valence-corrected chi connectivity index (χ2v) is 4.79. The van der Waals surface area contributed by atoms with Crippen LogP contribution >= 0.6 is 0 Å². The van der Waals surface area contributed by atoms with Gasteiger partial charge in [0, 0.05) is 6.20 Å². The van der Waals surface area contributed by atoms with Crippen LogP contribution in [0.1, 0.15) is 11.3 Å². The second-order valence-electron chi connectivity index (χ2n) is 4.79. The first-order valence-electron chi connectivity index (χ1n) is 6.99. The lowest BCUT2D eigenvalue weighted by atomic mass is 10.0. The van der Waals surface area contributed by atoms with E-state index in [1.807, 2.05) is 66.7 Å². The molecule has 2 aromatic carbocycles. The molecule has 3 nitrogen and oxygen atoms in total. The number of nitrogens with zero attached hydrogens (tertiary/aromatic N) is 2. The van der Waals surface area contributed by atoms with E-state index in [2.05, 4.69) is 11.1 Å². The molecule has 0 aliphatic heterocycles. The Hall–Kier alpha value is -3.12. The van der Waals surface area contributed by atoms with Gasteiger partial charge in [-0.3, -0.25) is 4.98 Å². The predicted molar refractivity (Wildman–Crippen MR) is 85.2 cm³/mol. The van der Waals surface area contributed by atoms with Gasteiger partial charge in [0.2, 0.25) is 0 Å². The van der Waals surface area contributed by atoms with Crippen molar-refractivity contribution in [3.05, 3.63) is 84.2 Å². The van der Waals surface area contributed by atoms with E-state index in [1.165, 1.54) is 0 Å². The summed E-state index contributed by atoms with van der Waals surface area (Å²) in [4.78, 5) is 4.22. The van der Waals surface area contributed by atoms with Crippen LogP contribution in [0.4, 0.5) is 0 Å². The Morgan fingerprint density at radius 2 is 1.68 bits per heavy atom. The van der Waals surface area contributed by atoms with Crippen molar-refractivity contribution in [2.24, 2.45) is 0 Å². The van der Waals surface area contributed by atoms with Gasteiger partial charge in [-0.2, -0.15) is 5.26 Å². The summed E-state index contributed by atoms with van der Waals surface area (Å²) in [5.41, 5.74) is 3.50. The smallest absolute Gasteiger partial charge is 0.130 e. The zero-order valence-electron chi connectivity index (χ0n) is 11.9. The summed E-state index contributed by atoms with van der Waals surface area (Å²) < 4.78 is 5.71. The topological polar surface area (TPSA) is 45.9 Å². The van der Waals surface area contributed by atoms with Gasteiger partial charge in [0.1, 0.15) is 12.4 Å². The maximum absolute atomic E-state index is 9.16. The van der Waals surface area contributed by atoms with Gasteiger partial charge in [-0.05, 0) is 41.5 Å². The van der Waals surface area contributed by atoms with Crippen LogP contribution in [0, 0.1) is 11.3 Å². The molecule has 0 N–H and O–H groups in total. The van der Waals surface area contributed by atoms with E-state index in [1.54, 1.807) is 6.20 Å². The lowest BCUT2D eigenvalue weighted by molar-refractivity contribution is 0.301. The number of ether oxygens (including phenoxy) is 1. The van der Waals surface area contributed by atoms with Crippen LogP contribution in [0.5, 0.6) is 5.75 Å². The standard InChI is InChI=1S/C19H14N2O/c20-13-16-5-1-2-7-19(16)15-8-10-18(11-9-15)22-14-17-6-3-4-12-21-17/h1-12H,14H2. The molecule has 0 radical (unpaired) electrons. The molecule has 0 bridgehead atoms. The van der Waals surface area contributed by atoms with Crippen LogP contribution in [-0.2, 0) is 6.61 Å². The minimum absolute atomic E-state index is 0.439. The highest BCUT2D eigenvalue weighted by Crippen LogP contribution is 2.25. The molecule has 0 aliphatic carbocycles. The van der Waals surface area contributed by atoms with Crippen LogP contribution in [-0.4, -0.2) is 4.98 Å². The highest BCUT2D eigenvalue weighted by Gasteiger charge is 2.04.